The van der Waals surface area contributed by atoms with Gasteiger partial charge in [0.15, 0.2) is 0 Å². The predicted octanol–water partition coefficient (Wildman–Crippen LogP) is 5.13. The Balaban J connectivity index is 0.955. The van der Waals surface area contributed by atoms with Crippen LogP contribution < -0.4 is 5.32 Å². The van der Waals surface area contributed by atoms with Crippen LogP contribution in [-0.4, -0.2) is 45.5 Å². The molecule has 7 heteroatoms. The van der Waals surface area contributed by atoms with E-state index in [2.05, 4.69) is 73.8 Å². The average Bonchev–Trinajstić information content (AvgIpc) is 3.45. The van der Waals surface area contributed by atoms with Crippen molar-refractivity contribution in [2.45, 2.75) is 52.4 Å². The van der Waals surface area contributed by atoms with Crippen LogP contribution in [0.15, 0.2) is 77.3 Å². The molecule has 0 spiro atoms. The van der Waals surface area contributed by atoms with Gasteiger partial charge in [0.25, 0.3) is 0 Å². The number of benzene rings is 3. The number of hydrogen-bond acceptors (Lipinski definition) is 6. The number of nitrogens with one attached hydrogen (secondary N) is 1. The van der Waals surface area contributed by atoms with E-state index in [0.717, 1.165) is 68.7 Å². The summed E-state index contributed by atoms with van der Waals surface area (Å²) in [6.45, 7) is 7.92. The van der Waals surface area contributed by atoms with Crippen LogP contribution in [0.2, 0.25) is 0 Å². The third-order valence-corrected chi connectivity index (χ3v) is 8.25. The maximum absolute atomic E-state index is 13.0. The first-order valence-electron chi connectivity index (χ1n) is 14.4. The molecule has 3 heterocycles. The van der Waals surface area contributed by atoms with Crippen molar-refractivity contribution in [2.24, 2.45) is 5.92 Å². The second-order valence-electron chi connectivity index (χ2n) is 11.1. The van der Waals surface area contributed by atoms with Gasteiger partial charge in [0.2, 0.25) is 17.6 Å². The summed E-state index contributed by atoms with van der Waals surface area (Å²) in [6, 6.07) is 25.4. The number of piperidine rings is 1. The minimum Gasteiger partial charge on any atom is -0.352 e. The zero-order valence-electron chi connectivity index (χ0n) is 23.2. The lowest BCUT2D eigenvalue weighted by atomic mass is 9.95. The fraction of sp³-hybridized carbons (Fsp3) is 0.364. The second-order valence-corrected chi connectivity index (χ2v) is 11.1. The van der Waals surface area contributed by atoms with Crippen molar-refractivity contribution in [2.75, 3.05) is 19.6 Å². The molecule has 0 radical (unpaired) electrons. The third-order valence-electron chi connectivity index (χ3n) is 8.25. The van der Waals surface area contributed by atoms with Gasteiger partial charge < -0.3 is 9.84 Å². The highest BCUT2D eigenvalue weighted by Crippen LogP contribution is 2.23. The molecule has 6 rings (SSSR count). The molecule has 1 fully saturated rings. The van der Waals surface area contributed by atoms with Gasteiger partial charge in [0, 0.05) is 37.7 Å². The molecule has 4 aromatic rings. The predicted molar refractivity (Wildman–Crippen MR) is 155 cm³/mol. The molecule has 3 aromatic carbocycles. The zero-order valence-corrected chi connectivity index (χ0v) is 23.2. The quantitative estimate of drug-likeness (QED) is 0.337. The summed E-state index contributed by atoms with van der Waals surface area (Å²) >= 11 is 0. The summed E-state index contributed by atoms with van der Waals surface area (Å²) in [5.74, 6) is 1.44. The number of nitrogens with zero attached hydrogens (tertiary/aromatic N) is 4. The first-order chi connectivity index (χ1) is 19.6. The number of fused-ring (bicyclic) bond motifs is 1. The Morgan fingerprint density at radius 1 is 0.900 bits per heavy atom. The molecule has 1 aromatic heterocycles. The van der Waals surface area contributed by atoms with E-state index >= 15 is 0 Å². The minimum absolute atomic E-state index is 0.0399. The van der Waals surface area contributed by atoms with Crippen LogP contribution in [0, 0.1) is 12.8 Å². The Bertz CT molecular complexity index is 1460. The molecule has 0 saturated carbocycles. The number of likely N-dealkylation sites (tertiary alicyclic amines) is 1. The number of amides is 1. The summed E-state index contributed by atoms with van der Waals surface area (Å²) < 4.78 is 5.53. The zero-order chi connectivity index (χ0) is 27.3. The molecule has 0 bridgehead atoms. The van der Waals surface area contributed by atoms with E-state index < -0.39 is 0 Å². The van der Waals surface area contributed by atoms with Crippen LogP contribution in [-0.2, 0) is 37.4 Å². The monoisotopic (exact) mass is 535 g/mol. The number of aromatic nitrogens is 2. The number of rotatable bonds is 8. The van der Waals surface area contributed by atoms with Gasteiger partial charge in [0.05, 0.1) is 6.54 Å². The van der Waals surface area contributed by atoms with E-state index in [9.17, 15) is 4.79 Å². The summed E-state index contributed by atoms with van der Waals surface area (Å²) in [4.78, 5) is 22.4. The second kappa shape index (κ2) is 12.1. The van der Waals surface area contributed by atoms with E-state index in [4.69, 9.17) is 4.52 Å². The van der Waals surface area contributed by atoms with Gasteiger partial charge in [-0.05, 0) is 67.1 Å². The van der Waals surface area contributed by atoms with Crippen LogP contribution in [0.5, 0.6) is 0 Å². The summed E-state index contributed by atoms with van der Waals surface area (Å²) in [6.07, 6.45) is 2.77. The van der Waals surface area contributed by atoms with Gasteiger partial charge in [-0.3, -0.25) is 14.6 Å². The van der Waals surface area contributed by atoms with E-state index in [0.29, 0.717) is 24.8 Å². The van der Waals surface area contributed by atoms with E-state index in [1.165, 1.54) is 16.7 Å². The third kappa shape index (κ3) is 6.32. The summed E-state index contributed by atoms with van der Waals surface area (Å²) in [5, 5.41) is 7.37. The number of hydrogen-bond donors (Lipinski definition) is 1. The smallest absolute Gasteiger partial charge is 0.241 e. The van der Waals surface area contributed by atoms with Gasteiger partial charge in [0.1, 0.15) is 0 Å². The number of carbonyl (C=O) groups excluding carboxylic acids is 1. The fourth-order valence-electron chi connectivity index (χ4n) is 5.92. The molecular weight excluding hydrogens is 498 g/mol. The summed E-state index contributed by atoms with van der Waals surface area (Å²) in [7, 11) is 0. The Hall–Kier alpha value is -3.81. The van der Waals surface area contributed by atoms with Gasteiger partial charge in [-0.2, -0.15) is 4.98 Å². The first-order valence-corrected chi connectivity index (χ1v) is 14.4. The van der Waals surface area contributed by atoms with E-state index in [-0.39, 0.29) is 11.8 Å². The highest BCUT2D eigenvalue weighted by Gasteiger charge is 2.26. The summed E-state index contributed by atoms with van der Waals surface area (Å²) in [5.41, 5.74) is 7.49. The largest absolute Gasteiger partial charge is 0.352 e. The number of aryl methyl sites for hydroxylation is 1. The lowest BCUT2D eigenvalue weighted by Crippen LogP contribution is -2.40. The van der Waals surface area contributed by atoms with Crippen molar-refractivity contribution in [1.82, 2.24) is 25.3 Å². The Morgan fingerprint density at radius 2 is 1.68 bits per heavy atom. The Morgan fingerprint density at radius 3 is 2.52 bits per heavy atom. The maximum atomic E-state index is 13.0. The van der Waals surface area contributed by atoms with Crippen molar-refractivity contribution >= 4 is 5.91 Å². The van der Waals surface area contributed by atoms with Crippen LogP contribution in [0.4, 0.5) is 0 Å². The van der Waals surface area contributed by atoms with E-state index in [1.54, 1.807) is 0 Å². The fourth-order valence-corrected chi connectivity index (χ4v) is 5.92. The molecule has 1 amide bonds. The minimum atomic E-state index is 0.0399. The van der Waals surface area contributed by atoms with Gasteiger partial charge in [-0.1, -0.05) is 78.0 Å². The van der Waals surface area contributed by atoms with Gasteiger partial charge in [-0.25, -0.2) is 0 Å². The van der Waals surface area contributed by atoms with Gasteiger partial charge >= 0.3 is 0 Å². The molecule has 1 saturated heterocycles. The molecule has 1 N–H and O–H groups in total. The molecule has 2 aliphatic heterocycles. The van der Waals surface area contributed by atoms with Crippen LogP contribution in [0.25, 0.3) is 11.4 Å². The van der Waals surface area contributed by atoms with Crippen molar-refractivity contribution < 1.29 is 9.32 Å². The van der Waals surface area contributed by atoms with E-state index in [1.807, 2.05) is 31.2 Å². The van der Waals surface area contributed by atoms with Crippen LogP contribution in [0.1, 0.15) is 46.5 Å². The average molecular weight is 536 g/mol. The normalized spacial score (nSPS) is 16.5. The molecule has 40 heavy (non-hydrogen) atoms. The molecule has 206 valence electrons. The molecule has 0 atom stereocenters. The lowest BCUT2D eigenvalue weighted by molar-refractivity contribution is -0.126. The van der Waals surface area contributed by atoms with Crippen molar-refractivity contribution in [3.05, 3.63) is 107 Å². The lowest BCUT2D eigenvalue weighted by Gasteiger charge is -2.30. The molecule has 7 nitrogen and oxygen atoms in total. The Labute approximate surface area is 236 Å². The SMILES string of the molecule is Cc1ccccc1-c1noc(CN2CCC(C(=O)NCc3cccc(CN4CCc5ccccc5C4)c3)CC2)n1. The highest BCUT2D eigenvalue weighted by atomic mass is 16.5. The topological polar surface area (TPSA) is 74.5 Å². The van der Waals surface area contributed by atoms with Crippen LogP contribution >= 0.6 is 0 Å². The van der Waals surface area contributed by atoms with Gasteiger partial charge in [-0.15, -0.1) is 0 Å². The highest BCUT2D eigenvalue weighted by molar-refractivity contribution is 5.78. The van der Waals surface area contributed by atoms with Crippen LogP contribution in [0.3, 0.4) is 0 Å². The van der Waals surface area contributed by atoms with Crippen molar-refractivity contribution in [1.29, 1.82) is 0 Å². The molecular formula is C33H37N5O2. The molecule has 2 aliphatic rings. The number of carbonyl (C=O) groups is 1. The standard InChI is InChI=1S/C33H37N5O2/c1-24-7-2-5-12-30(24)32-35-31(40-36-32)23-37-16-14-28(15-17-37)33(39)34-20-25-8-6-9-26(19-25)21-38-18-13-27-10-3-4-11-29(27)22-38/h2-12,19,28H,13-18,20-23H2,1H3,(H,34,39). The van der Waals surface area contributed by atoms with Crippen molar-refractivity contribution in [3.63, 3.8) is 0 Å². The first kappa shape index (κ1) is 26.4. The maximum Gasteiger partial charge on any atom is 0.241 e. The Kier molecular flexibility index (Phi) is 8.02. The molecule has 0 aliphatic carbocycles. The van der Waals surface area contributed by atoms with Crippen molar-refractivity contribution in [3.8, 4) is 11.4 Å². The molecule has 0 unspecified atom stereocenters.